The Bertz CT molecular complexity index is 654. The van der Waals surface area contributed by atoms with E-state index in [0.717, 1.165) is 28.8 Å². The first-order valence-corrected chi connectivity index (χ1v) is 7.07. The van der Waals surface area contributed by atoms with Crippen molar-refractivity contribution in [2.75, 3.05) is 19.3 Å². The number of carbonyl (C=O) groups is 1. The lowest BCUT2D eigenvalue weighted by Gasteiger charge is -2.20. The summed E-state index contributed by atoms with van der Waals surface area (Å²) in [5, 5.41) is 3.22. The van der Waals surface area contributed by atoms with E-state index in [1.165, 1.54) is 0 Å². The summed E-state index contributed by atoms with van der Waals surface area (Å²) in [5.74, 6) is 0.132. The van der Waals surface area contributed by atoms with Crippen LogP contribution in [0, 0.1) is 0 Å². The fourth-order valence-corrected chi connectivity index (χ4v) is 2.71. The molecule has 1 fully saturated rings. The van der Waals surface area contributed by atoms with Gasteiger partial charge in [0.25, 0.3) is 0 Å². The molecule has 3 N–H and O–H groups in total. The molecule has 0 spiro atoms. The number of nitrogens with one attached hydrogen (secondary N) is 1. The van der Waals surface area contributed by atoms with Crippen LogP contribution in [0.4, 0.5) is 5.69 Å². The smallest absolute Gasteiger partial charge is 0.237 e. The van der Waals surface area contributed by atoms with Gasteiger partial charge in [-0.15, -0.1) is 0 Å². The predicted octanol–water partition coefficient (Wildman–Crippen LogP) is 1.87. The van der Waals surface area contributed by atoms with Crippen molar-refractivity contribution in [2.24, 2.45) is 0 Å². The number of likely N-dealkylation sites (N-methyl/N-ethyl adjacent to an activating group) is 1. The largest absolute Gasteiger partial charge is 0.399 e. The third-order valence-corrected chi connectivity index (χ3v) is 3.90. The Morgan fingerprint density at radius 1 is 1.19 bits per heavy atom. The Kier molecular flexibility index (Phi) is 3.62. The summed E-state index contributed by atoms with van der Waals surface area (Å²) in [7, 11) is 1.83. The van der Waals surface area contributed by atoms with Gasteiger partial charge in [0.2, 0.25) is 5.91 Å². The number of carbonyl (C=O) groups excluding carboxylic acids is 1. The van der Waals surface area contributed by atoms with Crippen LogP contribution in [0.15, 0.2) is 48.5 Å². The zero-order valence-electron chi connectivity index (χ0n) is 12.0. The van der Waals surface area contributed by atoms with Crippen LogP contribution < -0.4 is 11.1 Å². The van der Waals surface area contributed by atoms with Crippen molar-refractivity contribution in [2.45, 2.75) is 12.6 Å². The van der Waals surface area contributed by atoms with E-state index in [0.29, 0.717) is 6.54 Å². The average Bonchev–Trinajstić information content (AvgIpc) is 2.80. The number of rotatable bonds is 3. The second-order valence-corrected chi connectivity index (χ2v) is 5.43. The Morgan fingerprint density at radius 3 is 2.62 bits per heavy atom. The normalized spacial score (nSPS) is 18.2. The van der Waals surface area contributed by atoms with Gasteiger partial charge in [0.15, 0.2) is 0 Å². The number of nitrogen functional groups attached to an aromatic ring is 1. The number of anilines is 1. The van der Waals surface area contributed by atoms with E-state index >= 15 is 0 Å². The molecule has 1 atom stereocenters. The van der Waals surface area contributed by atoms with Gasteiger partial charge >= 0.3 is 0 Å². The fourth-order valence-electron chi connectivity index (χ4n) is 2.71. The summed E-state index contributed by atoms with van der Waals surface area (Å²) in [4.78, 5) is 13.3. The highest BCUT2D eigenvalue weighted by atomic mass is 16.2. The van der Waals surface area contributed by atoms with Crippen LogP contribution in [0.1, 0.15) is 5.56 Å². The van der Waals surface area contributed by atoms with Gasteiger partial charge in [0.05, 0.1) is 12.7 Å². The summed E-state index contributed by atoms with van der Waals surface area (Å²) >= 11 is 0. The molecule has 0 saturated carbocycles. The molecule has 1 aliphatic rings. The van der Waals surface area contributed by atoms with Crippen molar-refractivity contribution in [1.29, 1.82) is 0 Å². The molecule has 0 bridgehead atoms. The zero-order chi connectivity index (χ0) is 14.8. The topological polar surface area (TPSA) is 58.4 Å². The molecule has 3 rings (SSSR count). The van der Waals surface area contributed by atoms with Crippen molar-refractivity contribution in [3.05, 3.63) is 54.1 Å². The highest BCUT2D eigenvalue weighted by Crippen LogP contribution is 2.24. The second kappa shape index (κ2) is 5.58. The van der Waals surface area contributed by atoms with Crippen LogP contribution in [0.3, 0.4) is 0 Å². The summed E-state index contributed by atoms with van der Waals surface area (Å²) < 4.78 is 0. The van der Waals surface area contributed by atoms with Crippen LogP contribution in [-0.2, 0) is 11.2 Å². The zero-order valence-corrected chi connectivity index (χ0v) is 12.0. The van der Waals surface area contributed by atoms with Gasteiger partial charge in [-0.2, -0.15) is 0 Å². The number of nitrogens with zero attached hydrogens (tertiary/aromatic N) is 1. The molecule has 2 aromatic rings. The van der Waals surface area contributed by atoms with E-state index in [-0.39, 0.29) is 12.1 Å². The molecule has 108 valence electrons. The Labute approximate surface area is 124 Å². The van der Waals surface area contributed by atoms with Gasteiger partial charge < -0.3 is 10.6 Å². The quantitative estimate of drug-likeness (QED) is 0.844. The van der Waals surface area contributed by atoms with E-state index in [4.69, 9.17) is 5.73 Å². The van der Waals surface area contributed by atoms with Crippen molar-refractivity contribution in [3.63, 3.8) is 0 Å². The number of nitrogens with two attached hydrogens (primary N) is 1. The number of amides is 1. The first-order chi connectivity index (χ1) is 10.1. The van der Waals surface area contributed by atoms with Crippen molar-refractivity contribution < 1.29 is 4.79 Å². The maximum atomic E-state index is 11.6. The van der Waals surface area contributed by atoms with Gasteiger partial charge in [-0.25, -0.2) is 0 Å². The molecular formula is C17H19N3O. The first kappa shape index (κ1) is 13.6. The second-order valence-electron chi connectivity index (χ2n) is 5.43. The first-order valence-electron chi connectivity index (χ1n) is 7.07. The number of benzene rings is 2. The molecule has 4 nitrogen and oxygen atoms in total. The SMILES string of the molecule is CN1C(=O)CN[C@@H]1Cc1cc(N)cc(-c2ccccc2)c1. The van der Waals surface area contributed by atoms with E-state index in [9.17, 15) is 4.79 Å². The molecule has 0 aromatic heterocycles. The Balaban J connectivity index is 1.87. The van der Waals surface area contributed by atoms with Gasteiger partial charge in [0.1, 0.15) is 0 Å². The Hall–Kier alpha value is -2.33. The number of hydrogen-bond acceptors (Lipinski definition) is 3. The van der Waals surface area contributed by atoms with Crippen LogP contribution >= 0.6 is 0 Å². The van der Waals surface area contributed by atoms with E-state index in [1.807, 2.05) is 37.4 Å². The fraction of sp³-hybridized carbons (Fsp3) is 0.235. The molecule has 0 radical (unpaired) electrons. The highest BCUT2D eigenvalue weighted by molar-refractivity contribution is 5.80. The summed E-state index contributed by atoms with van der Waals surface area (Å²) in [6.45, 7) is 0.412. The third-order valence-electron chi connectivity index (χ3n) is 3.90. The molecule has 0 aliphatic carbocycles. The lowest BCUT2D eigenvalue weighted by Crippen LogP contribution is -2.36. The molecule has 21 heavy (non-hydrogen) atoms. The molecule has 4 heteroatoms. The third kappa shape index (κ3) is 2.90. The minimum Gasteiger partial charge on any atom is -0.399 e. The Morgan fingerprint density at radius 2 is 1.95 bits per heavy atom. The van der Waals surface area contributed by atoms with Crippen molar-refractivity contribution >= 4 is 11.6 Å². The minimum atomic E-state index is 0.0444. The molecule has 1 heterocycles. The predicted molar refractivity (Wildman–Crippen MR) is 84.6 cm³/mol. The van der Waals surface area contributed by atoms with Crippen LogP contribution in [0.5, 0.6) is 0 Å². The summed E-state index contributed by atoms with van der Waals surface area (Å²) in [6, 6.07) is 16.3. The number of hydrogen-bond donors (Lipinski definition) is 2. The average molecular weight is 281 g/mol. The highest BCUT2D eigenvalue weighted by Gasteiger charge is 2.26. The molecule has 1 aliphatic heterocycles. The lowest BCUT2D eigenvalue weighted by molar-refractivity contribution is -0.126. The molecule has 2 aromatic carbocycles. The van der Waals surface area contributed by atoms with E-state index < -0.39 is 0 Å². The van der Waals surface area contributed by atoms with E-state index in [2.05, 4.69) is 23.5 Å². The van der Waals surface area contributed by atoms with Crippen molar-refractivity contribution in [3.8, 4) is 11.1 Å². The maximum Gasteiger partial charge on any atom is 0.237 e. The van der Waals surface area contributed by atoms with Crippen LogP contribution in [-0.4, -0.2) is 30.6 Å². The van der Waals surface area contributed by atoms with Gasteiger partial charge in [-0.3, -0.25) is 10.1 Å². The van der Waals surface area contributed by atoms with Gasteiger partial charge in [-0.05, 0) is 28.8 Å². The summed E-state index contributed by atoms with van der Waals surface area (Å²) in [5.41, 5.74) is 10.2. The monoisotopic (exact) mass is 281 g/mol. The standard InChI is InChI=1S/C17H19N3O/c1-20-16(19-11-17(20)21)9-12-7-14(10-15(18)8-12)13-5-3-2-4-6-13/h2-8,10,16,19H,9,11,18H2,1H3/t16-/m0/s1. The van der Waals surface area contributed by atoms with Crippen LogP contribution in [0.2, 0.25) is 0 Å². The molecule has 0 unspecified atom stereocenters. The van der Waals surface area contributed by atoms with Crippen LogP contribution in [0.25, 0.3) is 11.1 Å². The van der Waals surface area contributed by atoms with Gasteiger partial charge in [-0.1, -0.05) is 36.4 Å². The molecule has 1 amide bonds. The molecule has 1 saturated heterocycles. The van der Waals surface area contributed by atoms with Gasteiger partial charge in [0, 0.05) is 19.2 Å². The lowest BCUT2D eigenvalue weighted by atomic mass is 10.00. The minimum absolute atomic E-state index is 0.0444. The summed E-state index contributed by atoms with van der Waals surface area (Å²) in [6.07, 6.45) is 0.801. The van der Waals surface area contributed by atoms with E-state index in [1.54, 1.807) is 4.90 Å². The van der Waals surface area contributed by atoms with Crippen molar-refractivity contribution in [1.82, 2.24) is 10.2 Å². The molecular weight excluding hydrogens is 262 g/mol. The maximum absolute atomic E-state index is 11.6.